The van der Waals surface area contributed by atoms with Crippen LogP contribution < -0.4 is 11.1 Å². The maximum Gasteiger partial charge on any atom is 0.237 e. The lowest BCUT2D eigenvalue weighted by Crippen LogP contribution is -2.48. The van der Waals surface area contributed by atoms with Gasteiger partial charge in [-0.05, 0) is 12.3 Å². The third-order valence-corrected chi connectivity index (χ3v) is 2.34. The van der Waals surface area contributed by atoms with Gasteiger partial charge < -0.3 is 15.6 Å². The fourth-order valence-corrected chi connectivity index (χ4v) is 1.18. The minimum Gasteiger partial charge on any atom is -0.361 e. The molecule has 0 saturated carbocycles. The van der Waals surface area contributed by atoms with E-state index in [1.165, 1.54) is 0 Å². The minimum absolute atomic E-state index is 0.173. The standard InChI is InChI=1S/C11H19N3O2/c1-7-5-8(14-16-7)6-13-10(15)9(12)11(2,3)4/h5,9H,6,12H2,1-4H3,(H,13,15). The van der Waals surface area contributed by atoms with Crippen LogP contribution in [0.4, 0.5) is 0 Å². The Hall–Kier alpha value is -1.36. The topological polar surface area (TPSA) is 81.2 Å². The first kappa shape index (κ1) is 12.7. The number of amides is 1. The molecule has 0 aromatic carbocycles. The van der Waals surface area contributed by atoms with Crippen LogP contribution in [0.3, 0.4) is 0 Å². The number of nitrogens with two attached hydrogens (primary N) is 1. The molecule has 1 atom stereocenters. The Morgan fingerprint density at radius 1 is 1.62 bits per heavy atom. The molecular weight excluding hydrogens is 206 g/mol. The van der Waals surface area contributed by atoms with Gasteiger partial charge in [0.05, 0.1) is 12.6 Å². The first-order valence-corrected chi connectivity index (χ1v) is 5.26. The number of carbonyl (C=O) groups is 1. The normalized spacial score (nSPS) is 13.6. The lowest BCUT2D eigenvalue weighted by Gasteiger charge is -2.25. The van der Waals surface area contributed by atoms with Crippen LogP contribution in [0.25, 0.3) is 0 Å². The number of rotatable bonds is 3. The Morgan fingerprint density at radius 3 is 2.69 bits per heavy atom. The van der Waals surface area contributed by atoms with Gasteiger partial charge >= 0.3 is 0 Å². The lowest BCUT2D eigenvalue weighted by atomic mass is 9.87. The molecule has 5 nitrogen and oxygen atoms in total. The first-order chi connectivity index (χ1) is 7.30. The predicted molar refractivity (Wildman–Crippen MR) is 60.5 cm³/mol. The molecule has 0 spiro atoms. The molecule has 0 saturated heterocycles. The van der Waals surface area contributed by atoms with Crippen molar-refractivity contribution in [3.8, 4) is 0 Å². The van der Waals surface area contributed by atoms with Crippen LogP contribution in [0.2, 0.25) is 0 Å². The summed E-state index contributed by atoms with van der Waals surface area (Å²) < 4.78 is 4.89. The fourth-order valence-electron chi connectivity index (χ4n) is 1.18. The van der Waals surface area contributed by atoms with Crippen molar-refractivity contribution in [2.75, 3.05) is 0 Å². The van der Waals surface area contributed by atoms with Gasteiger partial charge in [0.25, 0.3) is 0 Å². The third kappa shape index (κ3) is 3.34. The van der Waals surface area contributed by atoms with Gasteiger partial charge in [-0.2, -0.15) is 0 Å². The molecule has 0 bridgehead atoms. The summed E-state index contributed by atoms with van der Waals surface area (Å²) in [7, 11) is 0. The minimum atomic E-state index is -0.527. The van der Waals surface area contributed by atoms with Crippen molar-refractivity contribution in [2.24, 2.45) is 11.1 Å². The van der Waals surface area contributed by atoms with E-state index in [2.05, 4.69) is 10.5 Å². The molecule has 1 aromatic rings. The Kier molecular flexibility index (Phi) is 3.70. The molecule has 3 N–H and O–H groups in total. The van der Waals surface area contributed by atoms with Crippen LogP contribution in [0.5, 0.6) is 0 Å². The molecule has 0 aliphatic rings. The Labute approximate surface area is 95.4 Å². The van der Waals surface area contributed by atoms with E-state index < -0.39 is 6.04 Å². The number of nitrogens with zero attached hydrogens (tertiary/aromatic N) is 1. The number of aryl methyl sites for hydroxylation is 1. The van der Waals surface area contributed by atoms with Gasteiger partial charge in [-0.3, -0.25) is 4.79 Å². The molecule has 0 aliphatic carbocycles. The van der Waals surface area contributed by atoms with E-state index in [4.69, 9.17) is 10.3 Å². The molecule has 0 radical (unpaired) electrons. The molecule has 0 aliphatic heterocycles. The molecule has 1 heterocycles. The van der Waals surface area contributed by atoms with Crippen LogP contribution in [0.15, 0.2) is 10.6 Å². The summed E-state index contributed by atoms with van der Waals surface area (Å²) in [5.41, 5.74) is 6.26. The smallest absolute Gasteiger partial charge is 0.237 e. The average Bonchev–Trinajstić information content (AvgIpc) is 2.58. The van der Waals surface area contributed by atoms with Gasteiger partial charge in [-0.25, -0.2) is 0 Å². The van der Waals surface area contributed by atoms with Crippen molar-refractivity contribution in [1.82, 2.24) is 10.5 Å². The zero-order valence-corrected chi connectivity index (χ0v) is 10.2. The van der Waals surface area contributed by atoms with Crippen molar-refractivity contribution in [2.45, 2.75) is 40.3 Å². The number of aromatic nitrogens is 1. The van der Waals surface area contributed by atoms with E-state index in [1.54, 1.807) is 13.0 Å². The van der Waals surface area contributed by atoms with Gasteiger partial charge in [-0.15, -0.1) is 0 Å². The fraction of sp³-hybridized carbons (Fsp3) is 0.636. The quantitative estimate of drug-likeness (QED) is 0.803. The molecule has 16 heavy (non-hydrogen) atoms. The SMILES string of the molecule is Cc1cc(CNC(=O)C(N)C(C)(C)C)no1. The summed E-state index contributed by atoms with van der Waals surface area (Å²) >= 11 is 0. The monoisotopic (exact) mass is 225 g/mol. The van der Waals surface area contributed by atoms with E-state index in [9.17, 15) is 4.79 Å². The second-order valence-electron chi connectivity index (χ2n) is 4.99. The van der Waals surface area contributed by atoms with Crippen molar-refractivity contribution in [1.29, 1.82) is 0 Å². The summed E-state index contributed by atoms with van der Waals surface area (Å²) in [5, 5.41) is 6.51. The summed E-state index contributed by atoms with van der Waals surface area (Å²) in [6, 6.07) is 1.25. The summed E-state index contributed by atoms with van der Waals surface area (Å²) in [6.07, 6.45) is 0. The van der Waals surface area contributed by atoms with E-state index >= 15 is 0 Å². The third-order valence-electron chi connectivity index (χ3n) is 2.34. The van der Waals surface area contributed by atoms with E-state index in [-0.39, 0.29) is 11.3 Å². The highest BCUT2D eigenvalue weighted by atomic mass is 16.5. The summed E-state index contributed by atoms with van der Waals surface area (Å²) in [5.74, 6) is 0.553. The second-order valence-corrected chi connectivity index (χ2v) is 4.99. The highest BCUT2D eigenvalue weighted by Gasteiger charge is 2.27. The van der Waals surface area contributed by atoms with Gasteiger partial charge in [-0.1, -0.05) is 25.9 Å². The molecule has 1 rings (SSSR count). The van der Waals surface area contributed by atoms with Crippen LogP contribution >= 0.6 is 0 Å². The Balaban J connectivity index is 2.47. The van der Waals surface area contributed by atoms with Gasteiger partial charge in [0.2, 0.25) is 5.91 Å². The Morgan fingerprint density at radius 2 is 2.25 bits per heavy atom. The maximum atomic E-state index is 11.7. The molecule has 0 fully saturated rings. The number of hydrogen-bond donors (Lipinski definition) is 2. The van der Waals surface area contributed by atoms with Crippen LogP contribution in [0, 0.1) is 12.3 Å². The van der Waals surface area contributed by atoms with Crippen LogP contribution in [-0.4, -0.2) is 17.1 Å². The molecule has 5 heteroatoms. The van der Waals surface area contributed by atoms with Crippen LogP contribution in [-0.2, 0) is 11.3 Å². The van der Waals surface area contributed by atoms with Gasteiger partial charge in [0.1, 0.15) is 11.5 Å². The van der Waals surface area contributed by atoms with Crippen molar-refractivity contribution in [3.63, 3.8) is 0 Å². The average molecular weight is 225 g/mol. The van der Waals surface area contributed by atoms with E-state index in [0.717, 1.165) is 5.76 Å². The van der Waals surface area contributed by atoms with Crippen LogP contribution in [0.1, 0.15) is 32.2 Å². The van der Waals surface area contributed by atoms with E-state index in [1.807, 2.05) is 20.8 Å². The second kappa shape index (κ2) is 4.65. The molecule has 1 aromatic heterocycles. The Bertz CT molecular complexity index is 366. The first-order valence-electron chi connectivity index (χ1n) is 5.26. The predicted octanol–water partition coefficient (Wildman–Crippen LogP) is 0.973. The lowest BCUT2D eigenvalue weighted by molar-refractivity contribution is -0.124. The number of hydrogen-bond acceptors (Lipinski definition) is 4. The zero-order valence-electron chi connectivity index (χ0n) is 10.2. The highest BCUT2D eigenvalue weighted by molar-refractivity contribution is 5.82. The van der Waals surface area contributed by atoms with Crippen molar-refractivity contribution >= 4 is 5.91 Å². The molecule has 90 valence electrons. The highest BCUT2D eigenvalue weighted by Crippen LogP contribution is 2.17. The van der Waals surface area contributed by atoms with Gasteiger partial charge in [0.15, 0.2) is 0 Å². The summed E-state index contributed by atoms with van der Waals surface area (Å²) in [4.78, 5) is 11.7. The molecule has 1 unspecified atom stereocenters. The van der Waals surface area contributed by atoms with Crippen molar-refractivity contribution in [3.05, 3.63) is 17.5 Å². The molecular formula is C11H19N3O2. The molecule has 1 amide bonds. The zero-order chi connectivity index (χ0) is 12.3. The maximum absolute atomic E-state index is 11.7. The largest absolute Gasteiger partial charge is 0.361 e. The number of nitrogens with one attached hydrogen (secondary N) is 1. The van der Waals surface area contributed by atoms with Gasteiger partial charge in [0, 0.05) is 6.07 Å². The van der Waals surface area contributed by atoms with E-state index in [0.29, 0.717) is 12.2 Å². The number of carbonyl (C=O) groups excluding carboxylic acids is 1. The summed E-state index contributed by atoms with van der Waals surface area (Å²) in [6.45, 7) is 7.94. The van der Waals surface area contributed by atoms with Crippen molar-refractivity contribution < 1.29 is 9.32 Å².